The summed E-state index contributed by atoms with van der Waals surface area (Å²) in [5.74, 6) is -0.737. The van der Waals surface area contributed by atoms with E-state index in [9.17, 15) is 4.79 Å². The van der Waals surface area contributed by atoms with E-state index in [0.29, 0.717) is 0 Å². The van der Waals surface area contributed by atoms with Gasteiger partial charge in [-0.1, -0.05) is 6.07 Å². The van der Waals surface area contributed by atoms with Crippen molar-refractivity contribution in [3.8, 4) is 0 Å². The van der Waals surface area contributed by atoms with Crippen LogP contribution < -0.4 is 4.57 Å². The van der Waals surface area contributed by atoms with E-state index in [4.69, 9.17) is 5.11 Å². The molecule has 0 aliphatic carbocycles. The van der Waals surface area contributed by atoms with Crippen molar-refractivity contribution in [3.05, 3.63) is 23.8 Å². The molecule has 0 bridgehead atoms. The number of aliphatic carboxylic acids is 1. The van der Waals surface area contributed by atoms with Gasteiger partial charge >= 0.3 is 11.1 Å². The number of nitrogens with one attached hydrogen (secondary N) is 1. The lowest BCUT2D eigenvalue weighted by Crippen LogP contribution is -2.29. The van der Waals surface area contributed by atoms with E-state index in [-0.39, 0.29) is 5.75 Å². The lowest BCUT2D eigenvalue weighted by atomic mass is 10.2. The van der Waals surface area contributed by atoms with Crippen LogP contribution in [0.15, 0.2) is 23.4 Å². The molecule has 0 aliphatic rings. The summed E-state index contributed by atoms with van der Waals surface area (Å²) in [6, 6.07) is 6.13. The molecule has 1 aromatic heterocycles. The molecule has 0 saturated heterocycles. The summed E-state index contributed by atoms with van der Waals surface area (Å²) in [4.78, 5) is 13.7. The molecular formula is C11H13N2O2S+. The predicted octanol–water partition coefficient (Wildman–Crippen LogP) is 1.48. The highest BCUT2D eigenvalue weighted by Gasteiger charge is 2.16. The van der Waals surface area contributed by atoms with Gasteiger partial charge in [-0.3, -0.25) is 4.79 Å². The maximum absolute atomic E-state index is 10.5. The van der Waals surface area contributed by atoms with Crippen LogP contribution in [0.25, 0.3) is 11.0 Å². The molecule has 1 aromatic carbocycles. The van der Waals surface area contributed by atoms with E-state index in [0.717, 1.165) is 16.2 Å². The molecule has 2 rings (SSSR count). The second kappa shape index (κ2) is 4.17. The number of nitrogens with zero attached hydrogens (tertiary/aromatic N) is 1. The zero-order valence-corrected chi connectivity index (χ0v) is 9.97. The van der Waals surface area contributed by atoms with Gasteiger partial charge in [0.05, 0.1) is 7.05 Å². The number of hydrogen-bond acceptors (Lipinski definition) is 2. The number of carboxylic acids is 1. The number of carbonyl (C=O) groups is 1. The fraction of sp³-hybridized carbons (Fsp3) is 0.273. The monoisotopic (exact) mass is 237 g/mol. The molecule has 2 N–H and O–H groups in total. The minimum atomic E-state index is -0.806. The highest BCUT2D eigenvalue weighted by Crippen LogP contribution is 2.17. The van der Waals surface area contributed by atoms with Crippen molar-refractivity contribution < 1.29 is 14.5 Å². The second-order valence-corrected chi connectivity index (χ2v) is 4.66. The predicted molar refractivity (Wildman–Crippen MR) is 62.6 cm³/mol. The molecule has 2 aromatic rings. The Balaban J connectivity index is 2.39. The average Bonchev–Trinajstić information content (AvgIpc) is 2.52. The Kier molecular flexibility index (Phi) is 2.87. The van der Waals surface area contributed by atoms with Crippen LogP contribution in [0.5, 0.6) is 0 Å². The molecule has 0 fully saturated rings. The molecule has 0 saturated carbocycles. The Morgan fingerprint density at radius 2 is 2.31 bits per heavy atom. The number of thioether (sulfide) groups is 1. The first-order chi connectivity index (χ1) is 7.58. The average molecular weight is 237 g/mol. The van der Waals surface area contributed by atoms with Crippen LogP contribution >= 0.6 is 11.8 Å². The van der Waals surface area contributed by atoms with Gasteiger partial charge in [0.2, 0.25) is 0 Å². The fourth-order valence-electron chi connectivity index (χ4n) is 1.61. The van der Waals surface area contributed by atoms with Gasteiger partial charge in [0.25, 0.3) is 0 Å². The standard InChI is InChI=1S/C11H12N2O2S/c1-7-3-4-9-8(5-7)12-11(13(9)2)16-6-10(14)15/h3-5H,6H2,1-2H3,(H,14,15)/p+1. The molecule has 0 amide bonds. The van der Waals surface area contributed by atoms with Crippen molar-refractivity contribution in [2.75, 3.05) is 5.75 Å². The van der Waals surface area contributed by atoms with Gasteiger partial charge in [-0.05, 0) is 36.4 Å². The summed E-state index contributed by atoms with van der Waals surface area (Å²) in [7, 11) is 1.93. The van der Waals surface area contributed by atoms with Crippen LogP contribution in [-0.2, 0) is 11.8 Å². The summed E-state index contributed by atoms with van der Waals surface area (Å²) < 4.78 is 1.97. The van der Waals surface area contributed by atoms with Crippen LogP contribution in [0.1, 0.15) is 5.56 Å². The number of imidazole rings is 1. The molecule has 1 heterocycles. The number of carboxylic acid groups (broad SMARTS) is 1. The number of aromatic nitrogens is 2. The smallest absolute Gasteiger partial charge is 0.317 e. The van der Waals surface area contributed by atoms with Crippen LogP contribution in [0.2, 0.25) is 0 Å². The van der Waals surface area contributed by atoms with Crippen LogP contribution in [0.3, 0.4) is 0 Å². The van der Waals surface area contributed by atoms with E-state index < -0.39 is 5.97 Å². The first-order valence-electron chi connectivity index (χ1n) is 4.91. The van der Waals surface area contributed by atoms with Gasteiger partial charge in [-0.25, -0.2) is 9.55 Å². The molecule has 5 heteroatoms. The van der Waals surface area contributed by atoms with E-state index in [1.54, 1.807) is 0 Å². The number of rotatable bonds is 3. The fourth-order valence-corrected chi connectivity index (χ4v) is 2.35. The first-order valence-corrected chi connectivity index (χ1v) is 5.89. The van der Waals surface area contributed by atoms with Crippen LogP contribution in [-0.4, -0.2) is 21.8 Å². The lowest BCUT2D eigenvalue weighted by molar-refractivity contribution is -0.683. The highest BCUT2D eigenvalue weighted by molar-refractivity contribution is 7.99. The van der Waals surface area contributed by atoms with Crippen molar-refractivity contribution in [3.63, 3.8) is 0 Å². The Hall–Kier alpha value is -1.49. The Bertz CT molecular complexity index is 548. The zero-order chi connectivity index (χ0) is 11.7. The topological polar surface area (TPSA) is 57.0 Å². The molecule has 16 heavy (non-hydrogen) atoms. The van der Waals surface area contributed by atoms with Gasteiger partial charge in [0, 0.05) is 0 Å². The number of aromatic amines is 1. The summed E-state index contributed by atoms with van der Waals surface area (Å²) >= 11 is 1.29. The largest absolute Gasteiger partial charge is 0.481 e. The van der Waals surface area contributed by atoms with E-state index >= 15 is 0 Å². The molecule has 0 atom stereocenters. The third-order valence-electron chi connectivity index (χ3n) is 2.39. The van der Waals surface area contributed by atoms with Crippen molar-refractivity contribution in [1.29, 1.82) is 0 Å². The molecule has 0 spiro atoms. The van der Waals surface area contributed by atoms with Crippen molar-refractivity contribution in [2.24, 2.45) is 7.05 Å². The SMILES string of the molecule is Cc1ccc2c(c1)[nH]c(SCC(=O)O)[n+]2C. The number of benzene rings is 1. The minimum Gasteiger partial charge on any atom is -0.481 e. The Morgan fingerprint density at radius 3 is 3.00 bits per heavy atom. The van der Waals surface area contributed by atoms with Gasteiger partial charge in [0.15, 0.2) is 11.0 Å². The Labute approximate surface area is 97.3 Å². The summed E-state index contributed by atoms with van der Waals surface area (Å²) in [5, 5.41) is 9.50. The van der Waals surface area contributed by atoms with Crippen molar-refractivity contribution >= 4 is 28.8 Å². The summed E-state index contributed by atoms with van der Waals surface area (Å²) in [6.45, 7) is 2.03. The normalized spacial score (nSPS) is 10.9. The zero-order valence-electron chi connectivity index (χ0n) is 9.15. The molecule has 4 nitrogen and oxygen atoms in total. The van der Waals surface area contributed by atoms with Gasteiger partial charge in [0.1, 0.15) is 5.75 Å². The number of aryl methyl sites for hydroxylation is 2. The van der Waals surface area contributed by atoms with E-state index in [1.807, 2.05) is 30.7 Å². The number of fused-ring (bicyclic) bond motifs is 1. The van der Waals surface area contributed by atoms with Crippen LogP contribution in [0.4, 0.5) is 0 Å². The maximum atomic E-state index is 10.5. The number of H-pyrrole nitrogens is 1. The lowest BCUT2D eigenvalue weighted by Gasteiger charge is -1.92. The third kappa shape index (κ3) is 2.04. The van der Waals surface area contributed by atoms with E-state index in [2.05, 4.69) is 11.1 Å². The van der Waals surface area contributed by atoms with Crippen molar-refractivity contribution in [1.82, 2.24) is 4.98 Å². The van der Waals surface area contributed by atoms with E-state index in [1.165, 1.54) is 17.3 Å². The molecule has 0 radical (unpaired) electrons. The maximum Gasteiger partial charge on any atom is 0.317 e. The second-order valence-electron chi connectivity index (χ2n) is 3.69. The number of hydrogen-bond donors (Lipinski definition) is 2. The first kappa shape index (κ1) is 11.0. The molecular weight excluding hydrogens is 224 g/mol. The summed E-state index contributed by atoms with van der Waals surface area (Å²) in [6.07, 6.45) is 0. The minimum absolute atomic E-state index is 0.0691. The van der Waals surface area contributed by atoms with Crippen molar-refractivity contribution in [2.45, 2.75) is 12.1 Å². The molecule has 84 valence electrons. The van der Waals surface area contributed by atoms with Gasteiger partial charge in [-0.2, -0.15) is 0 Å². The third-order valence-corrected chi connectivity index (χ3v) is 3.43. The quantitative estimate of drug-likeness (QED) is 0.628. The molecule has 0 unspecified atom stereocenters. The summed E-state index contributed by atoms with van der Waals surface area (Å²) in [5.41, 5.74) is 3.30. The highest BCUT2D eigenvalue weighted by atomic mass is 32.2. The van der Waals surface area contributed by atoms with Gasteiger partial charge < -0.3 is 5.11 Å². The molecule has 0 aliphatic heterocycles. The Morgan fingerprint density at radius 1 is 1.56 bits per heavy atom. The van der Waals surface area contributed by atoms with Gasteiger partial charge in [-0.15, -0.1) is 0 Å². The van der Waals surface area contributed by atoms with Crippen LogP contribution in [0, 0.1) is 6.92 Å².